The standard InChI is InChI=1S/C8H11ClN4O2/c1-8(2,7(10)15)12-4-3-11-13-6(14)5(4)9/h3H,1-2H3,(H2,10,15)(H2,12,13,14). The Kier molecular flexibility index (Phi) is 2.99. The molecule has 1 rings (SSSR count). The van der Waals surface area contributed by atoms with Gasteiger partial charge in [0.2, 0.25) is 5.91 Å². The average Bonchev–Trinajstić information content (AvgIpc) is 2.12. The minimum absolute atomic E-state index is 0.0562. The van der Waals surface area contributed by atoms with E-state index in [1.165, 1.54) is 6.20 Å². The van der Waals surface area contributed by atoms with Crippen molar-refractivity contribution in [2.45, 2.75) is 19.4 Å². The second-order valence-corrected chi connectivity index (χ2v) is 3.92. The number of carbonyl (C=O) groups excluding carboxylic acids is 1. The first-order chi connectivity index (χ1) is 6.84. The van der Waals surface area contributed by atoms with Gasteiger partial charge in [0.1, 0.15) is 10.6 Å². The number of amides is 1. The lowest BCUT2D eigenvalue weighted by atomic mass is 10.1. The molecule has 15 heavy (non-hydrogen) atoms. The van der Waals surface area contributed by atoms with Gasteiger partial charge < -0.3 is 11.1 Å². The Morgan fingerprint density at radius 3 is 2.80 bits per heavy atom. The molecule has 0 aliphatic heterocycles. The van der Waals surface area contributed by atoms with Gasteiger partial charge in [0.25, 0.3) is 5.56 Å². The topological polar surface area (TPSA) is 101 Å². The van der Waals surface area contributed by atoms with Crippen LogP contribution >= 0.6 is 11.6 Å². The van der Waals surface area contributed by atoms with Crippen molar-refractivity contribution in [2.24, 2.45) is 5.73 Å². The van der Waals surface area contributed by atoms with E-state index in [9.17, 15) is 9.59 Å². The number of anilines is 1. The van der Waals surface area contributed by atoms with Crippen molar-refractivity contribution < 1.29 is 4.79 Å². The molecule has 0 fully saturated rings. The molecule has 1 aromatic heterocycles. The van der Waals surface area contributed by atoms with Crippen molar-refractivity contribution >= 4 is 23.2 Å². The summed E-state index contributed by atoms with van der Waals surface area (Å²) in [6, 6.07) is 0. The van der Waals surface area contributed by atoms with Gasteiger partial charge in [0.05, 0.1) is 11.9 Å². The molecule has 0 aromatic carbocycles. The Balaban J connectivity index is 3.05. The number of carbonyl (C=O) groups is 1. The fourth-order valence-electron chi connectivity index (χ4n) is 0.869. The molecule has 0 aliphatic carbocycles. The van der Waals surface area contributed by atoms with Crippen LogP contribution < -0.4 is 16.6 Å². The zero-order chi connectivity index (χ0) is 11.6. The zero-order valence-electron chi connectivity index (χ0n) is 8.30. The van der Waals surface area contributed by atoms with Crippen molar-refractivity contribution in [3.05, 3.63) is 21.6 Å². The largest absolute Gasteiger partial charge is 0.369 e. The molecule has 0 saturated heterocycles. The van der Waals surface area contributed by atoms with Crippen LogP contribution in [0.25, 0.3) is 0 Å². The summed E-state index contributed by atoms with van der Waals surface area (Å²) in [5, 5.41) is 8.39. The smallest absolute Gasteiger partial charge is 0.285 e. The lowest BCUT2D eigenvalue weighted by molar-refractivity contribution is -0.121. The van der Waals surface area contributed by atoms with Crippen LogP contribution in [0, 0.1) is 0 Å². The molecule has 0 bridgehead atoms. The summed E-state index contributed by atoms with van der Waals surface area (Å²) in [5.74, 6) is -0.557. The van der Waals surface area contributed by atoms with Crippen LogP contribution in [0.5, 0.6) is 0 Å². The summed E-state index contributed by atoms with van der Waals surface area (Å²) in [6.07, 6.45) is 1.31. The molecule has 1 amide bonds. The maximum absolute atomic E-state index is 11.1. The number of nitrogens with zero attached hydrogens (tertiary/aromatic N) is 1. The quantitative estimate of drug-likeness (QED) is 0.686. The Morgan fingerprint density at radius 2 is 2.27 bits per heavy atom. The third-order valence-corrected chi connectivity index (χ3v) is 2.23. The molecule has 6 nitrogen and oxygen atoms in total. The van der Waals surface area contributed by atoms with E-state index in [0.717, 1.165) is 0 Å². The van der Waals surface area contributed by atoms with Gasteiger partial charge in [-0.2, -0.15) is 5.10 Å². The third-order valence-electron chi connectivity index (χ3n) is 1.86. The first-order valence-electron chi connectivity index (χ1n) is 4.16. The Bertz CT molecular complexity index is 441. The summed E-state index contributed by atoms with van der Waals surface area (Å²) in [7, 11) is 0. The van der Waals surface area contributed by atoms with Gasteiger partial charge in [-0.1, -0.05) is 11.6 Å². The molecule has 1 heterocycles. The predicted octanol–water partition coefficient (Wildman–Crippen LogP) is 0.0991. The summed E-state index contributed by atoms with van der Waals surface area (Å²) in [6.45, 7) is 3.15. The number of nitrogens with two attached hydrogens (primary N) is 1. The number of aromatic nitrogens is 2. The average molecular weight is 231 g/mol. The van der Waals surface area contributed by atoms with Crippen LogP contribution in [-0.2, 0) is 4.79 Å². The summed E-state index contributed by atoms with van der Waals surface area (Å²) in [5.41, 5.74) is 3.90. The van der Waals surface area contributed by atoms with Gasteiger partial charge in [-0.05, 0) is 13.8 Å². The number of hydrogen-bond acceptors (Lipinski definition) is 4. The number of primary amides is 1. The van der Waals surface area contributed by atoms with Crippen LogP contribution in [0.1, 0.15) is 13.8 Å². The van der Waals surface area contributed by atoms with Crippen molar-refractivity contribution in [2.75, 3.05) is 5.32 Å². The normalized spacial score (nSPS) is 11.1. The molecular formula is C8H11ClN4O2. The molecule has 0 atom stereocenters. The van der Waals surface area contributed by atoms with Gasteiger partial charge in [-0.15, -0.1) is 0 Å². The Labute approximate surface area is 90.8 Å². The summed E-state index contributed by atoms with van der Waals surface area (Å²) in [4.78, 5) is 22.1. The SMILES string of the molecule is CC(C)(Nc1cn[nH]c(=O)c1Cl)C(N)=O. The molecule has 1 aromatic rings. The number of nitrogens with one attached hydrogen (secondary N) is 2. The van der Waals surface area contributed by atoms with Crippen molar-refractivity contribution in [1.82, 2.24) is 10.2 Å². The lowest BCUT2D eigenvalue weighted by Gasteiger charge is -2.23. The van der Waals surface area contributed by atoms with Crippen LogP contribution in [0.15, 0.2) is 11.0 Å². The molecular weight excluding hydrogens is 220 g/mol. The highest BCUT2D eigenvalue weighted by molar-refractivity contribution is 6.33. The highest BCUT2D eigenvalue weighted by Crippen LogP contribution is 2.19. The van der Waals surface area contributed by atoms with E-state index < -0.39 is 17.0 Å². The third kappa shape index (κ3) is 2.47. The summed E-state index contributed by atoms with van der Waals surface area (Å²) >= 11 is 5.71. The van der Waals surface area contributed by atoms with E-state index in [1.54, 1.807) is 13.8 Å². The van der Waals surface area contributed by atoms with E-state index in [2.05, 4.69) is 15.5 Å². The molecule has 82 valence electrons. The van der Waals surface area contributed by atoms with Crippen molar-refractivity contribution in [1.29, 1.82) is 0 Å². The number of aromatic amines is 1. The monoisotopic (exact) mass is 230 g/mol. The second kappa shape index (κ2) is 3.90. The highest BCUT2D eigenvalue weighted by atomic mass is 35.5. The van der Waals surface area contributed by atoms with Gasteiger partial charge in [-0.25, -0.2) is 5.10 Å². The molecule has 4 N–H and O–H groups in total. The minimum atomic E-state index is -1.00. The first kappa shape index (κ1) is 11.5. The van der Waals surface area contributed by atoms with E-state index in [4.69, 9.17) is 17.3 Å². The Morgan fingerprint density at radius 1 is 1.67 bits per heavy atom. The number of halogens is 1. The molecule has 0 radical (unpaired) electrons. The highest BCUT2D eigenvalue weighted by Gasteiger charge is 2.25. The van der Waals surface area contributed by atoms with E-state index in [-0.39, 0.29) is 10.7 Å². The van der Waals surface area contributed by atoms with Crippen molar-refractivity contribution in [3.63, 3.8) is 0 Å². The molecule has 0 aliphatic rings. The zero-order valence-corrected chi connectivity index (χ0v) is 9.05. The van der Waals surface area contributed by atoms with Crippen LogP contribution in [0.4, 0.5) is 5.69 Å². The maximum atomic E-state index is 11.1. The van der Waals surface area contributed by atoms with Gasteiger partial charge in [0.15, 0.2) is 0 Å². The summed E-state index contributed by atoms with van der Waals surface area (Å²) < 4.78 is 0. The van der Waals surface area contributed by atoms with E-state index in [1.807, 2.05) is 0 Å². The fraction of sp³-hybridized carbons (Fsp3) is 0.375. The molecule has 0 spiro atoms. The maximum Gasteiger partial charge on any atom is 0.285 e. The number of hydrogen-bond donors (Lipinski definition) is 3. The minimum Gasteiger partial charge on any atom is -0.369 e. The number of H-pyrrole nitrogens is 1. The Hall–Kier alpha value is -1.56. The predicted molar refractivity (Wildman–Crippen MR) is 56.8 cm³/mol. The van der Waals surface area contributed by atoms with Gasteiger partial charge in [-0.3, -0.25) is 9.59 Å². The number of rotatable bonds is 3. The van der Waals surface area contributed by atoms with E-state index >= 15 is 0 Å². The lowest BCUT2D eigenvalue weighted by Crippen LogP contribution is -2.45. The van der Waals surface area contributed by atoms with Crippen molar-refractivity contribution in [3.8, 4) is 0 Å². The van der Waals surface area contributed by atoms with Gasteiger partial charge >= 0.3 is 0 Å². The second-order valence-electron chi connectivity index (χ2n) is 3.54. The van der Waals surface area contributed by atoms with Crippen LogP contribution in [0.3, 0.4) is 0 Å². The van der Waals surface area contributed by atoms with E-state index in [0.29, 0.717) is 0 Å². The molecule has 7 heteroatoms. The van der Waals surface area contributed by atoms with Crippen LogP contribution in [0.2, 0.25) is 5.02 Å². The fourth-order valence-corrected chi connectivity index (χ4v) is 1.01. The molecule has 0 saturated carbocycles. The van der Waals surface area contributed by atoms with Gasteiger partial charge in [0, 0.05) is 0 Å². The first-order valence-corrected chi connectivity index (χ1v) is 4.53. The molecule has 0 unspecified atom stereocenters. The van der Waals surface area contributed by atoms with Crippen LogP contribution in [-0.4, -0.2) is 21.6 Å².